The summed E-state index contributed by atoms with van der Waals surface area (Å²) in [7, 11) is 0. The number of hydrogen-bond donors (Lipinski definition) is 0. The summed E-state index contributed by atoms with van der Waals surface area (Å²) in [6.07, 6.45) is 0. The summed E-state index contributed by atoms with van der Waals surface area (Å²) in [5, 5.41) is 1.30. The van der Waals surface area contributed by atoms with Gasteiger partial charge in [-0.15, -0.1) is 11.6 Å². The molecule has 5 heteroatoms. The molecular weight excluding hydrogens is 327 g/mol. The minimum absolute atomic E-state index is 0.302. The maximum absolute atomic E-state index is 6.42. The third kappa shape index (κ3) is 2.42. The van der Waals surface area contributed by atoms with E-state index in [1.807, 2.05) is 48.7 Å². The standard InChI is InChI=1S/C16H13Cl3N2/c1-9-4-3-5-13-16(9)21(15(8-17)20-13)14-7-11(18)10(2)6-12(14)19/h3-7H,8H2,1-2H3. The zero-order valence-electron chi connectivity index (χ0n) is 11.6. The molecule has 0 spiro atoms. The van der Waals surface area contributed by atoms with Crippen molar-refractivity contribution < 1.29 is 0 Å². The second-order valence-electron chi connectivity index (χ2n) is 4.99. The molecule has 2 nitrogen and oxygen atoms in total. The Balaban J connectivity index is 2.41. The van der Waals surface area contributed by atoms with E-state index in [1.54, 1.807) is 0 Å². The van der Waals surface area contributed by atoms with E-state index >= 15 is 0 Å². The van der Waals surface area contributed by atoms with Gasteiger partial charge in [-0.3, -0.25) is 4.57 Å². The molecule has 0 atom stereocenters. The summed E-state index contributed by atoms with van der Waals surface area (Å²) in [6.45, 7) is 3.97. The molecule has 0 bridgehead atoms. The molecule has 0 saturated heterocycles. The fourth-order valence-electron chi connectivity index (χ4n) is 2.50. The quantitative estimate of drug-likeness (QED) is 0.549. The fourth-order valence-corrected chi connectivity index (χ4v) is 3.14. The summed E-state index contributed by atoms with van der Waals surface area (Å²) in [4.78, 5) is 4.59. The molecular formula is C16H13Cl3N2. The van der Waals surface area contributed by atoms with Crippen LogP contribution in [-0.4, -0.2) is 9.55 Å². The van der Waals surface area contributed by atoms with Gasteiger partial charge < -0.3 is 0 Å². The minimum atomic E-state index is 0.302. The van der Waals surface area contributed by atoms with Crippen molar-refractivity contribution in [3.05, 3.63) is 57.3 Å². The number of alkyl halides is 1. The van der Waals surface area contributed by atoms with Crippen molar-refractivity contribution in [2.75, 3.05) is 0 Å². The van der Waals surface area contributed by atoms with Crippen LogP contribution in [-0.2, 0) is 5.88 Å². The minimum Gasteiger partial charge on any atom is -0.293 e. The van der Waals surface area contributed by atoms with Gasteiger partial charge in [-0.05, 0) is 43.2 Å². The van der Waals surface area contributed by atoms with E-state index in [0.29, 0.717) is 15.9 Å². The molecule has 1 aromatic heterocycles. The lowest BCUT2D eigenvalue weighted by atomic mass is 10.2. The number of imidazole rings is 1. The van der Waals surface area contributed by atoms with Crippen LogP contribution in [0.15, 0.2) is 30.3 Å². The van der Waals surface area contributed by atoms with Gasteiger partial charge in [0.2, 0.25) is 0 Å². The Labute approximate surface area is 138 Å². The predicted molar refractivity (Wildman–Crippen MR) is 90.1 cm³/mol. The Morgan fingerprint density at radius 3 is 2.52 bits per heavy atom. The van der Waals surface area contributed by atoms with E-state index in [2.05, 4.69) is 4.98 Å². The number of nitrogens with zero attached hydrogens (tertiary/aromatic N) is 2. The number of para-hydroxylation sites is 1. The molecule has 0 aliphatic rings. The van der Waals surface area contributed by atoms with E-state index in [-0.39, 0.29) is 0 Å². The lowest BCUT2D eigenvalue weighted by Crippen LogP contribution is -2.01. The number of aryl methyl sites for hydroxylation is 2. The maximum atomic E-state index is 6.42. The monoisotopic (exact) mass is 338 g/mol. The highest BCUT2D eigenvalue weighted by atomic mass is 35.5. The van der Waals surface area contributed by atoms with Crippen LogP contribution >= 0.6 is 34.8 Å². The molecule has 0 fully saturated rings. The first-order chi connectivity index (χ1) is 10.0. The van der Waals surface area contributed by atoms with Crippen molar-refractivity contribution in [3.8, 4) is 5.69 Å². The van der Waals surface area contributed by atoms with Crippen molar-refractivity contribution in [1.29, 1.82) is 0 Å². The second-order valence-corrected chi connectivity index (χ2v) is 6.07. The molecule has 3 rings (SSSR count). The third-order valence-electron chi connectivity index (χ3n) is 3.54. The van der Waals surface area contributed by atoms with E-state index in [1.165, 1.54) is 0 Å². The van der Waals surface area contributed by atoms with Crippen molar-refractivity contribution in [2.24, 2.45) is 0 Å². The number of hydrogen-bond acceptors (Lipinski definition) is 1. The Morgan fingerprint density at radius 2 is 1.81 bits per heavy atom. The number of rotatable bonds is 2. The first kappa shape index (κ1) is 14.7. The smallest absolute Gasteiger partial charge is 0.129 e. The van der Waals surface area contributed by atoms with Gasteiger partial charge in [0.05, 0.1) is 27.6 Å². The second kappa shape index (κ2) is 5.53. The van der Waals surface area contributed by atoms with Crippen LogP contribution in [0.1, 0.15) is 17.0 Å². The Hall–Kier alpha value is -1.22. The van der Waals surface area contributed by atoms with Gasteiger partial charge >= 0.3 is 0 Å². The summed E-state index contributed by atoms with van der Waals surface area (Å²) < 4.78 is 1.99. The first-order valence-corrected chi connectivity index (χ1v) is 7.81. The van der Waals surface area contributed by atoms with Crippen molar-refractivity contribution in [1.82, 2.24) is 9.55 Å². The summed E-state index contributed by atoms with van der Waals surface area (Å²) >= 11 is 18.8. The van der Waals surface area contributed by atoms with Gasteiger partial charge in [-0.25, -0.2) is 4.98 Å². The highest BCUT2D eigenvalue weighted by Crippen LogP contribution is 2.32. The highest BCUT2D eigenvalue weighted by Gasteiger charge is 2.16. The van der Waals surface area contributed by atoms with Gasteiger partial charge in [0.25, 0.3) is 0 Å². The van der Waals surface area contributed by atoms with Crippen LogP contribution in [0.2, 0.25) is 10.0 Å². The van der Waals surface area contributed by atoms with Crippen LogP contribution in [0.3, 0.4) is 0 Å². The normalized spacial score (nSPS) is 11.3. The zero-order valence-corrected chi connectivity index (χ0v) is 13.9. The molecule has 0 aliphatic carbocycles. The lowest BCUT2D eigenvalue weighted by Gasteiger charge is -2.13. The average Bonchev–Trinajstić information content (AvgIpc) is 2.82. The van der Waals surface area contributed by atoms with Crippen LogP contribution in [0.25, 0.3) is 16.7 Å². The van der Waals surface area contributed by atoms with Gasteiger partial charge in [-0.2, -0.15) is 0 Å². The van der Waals surface area contributed by atoms with Crippen LogP contribution < -0.4 is 0 Å². The zero-order chi connectivity index (χ0) is 15.1. The van der Waals surface area contributed by atoms with Crippen molar-refractivity contribution >= 4 is 45.8 Å². The van der Waals surface area contributed by atoms with Crippen LogP contribution in [0, 0.1) is 13.8 Å². The topological polar surface area (TPSA) is 17.8 Å². The highest BCUT2D eigenvalue weighted by molar-refractivity contribution is 6.35. The Morgan fingerprint density at radius 1 is 1.05 bits per heavy atom. The number of halogens is 3. The van der Waals surface area contributed by atoms with Gasteiger partial charge in [0.15, 0.2) is 0 Å². The van der Waals surface area contributed by atoms with E-state index in [0.717, 1.165) is 33.7 Å². The van der Waals surface area contributed by atoms with E-state index < -0.39 is 0 Å². The summed E-state index contributed by atoms with van der Waals surface area (Å²) in [6, 6.07) is 9.72. The number of fused-ring (bicyclic) bond motifs is 1. The van der Waals surface area contributed by atoms with E-state index in [9.17, 15) is 0 Å². The Kier molecular flexibility index (Phi) is 3.87. The summed E-state index contributed by atoms with van der Waals surface area (Å²) in [5.74, 6) is 1.05. The Bertz CT molecular complexity index is 837. The molecule has 0 amide bonds. The van der Waals surface area contributed by atoms with Crippen molar-refractivity contribution in [2.45, 2.75) is 19.7 Å². The first-order valence-electron chi connectivity index (χ1n) is 6.52. The van der Waals surface area contributed by atoms with Gasteiger partial charge in [0.1, 0.15) is 5.82 Å². The SMILES string of the molecule is Cc1cc(Cl)c(-n2c(CCl)nc3cccc(C)c32)cc1Cl. The number of benzene rings is 2. The lowest BCUT2D eigenvalue weighted by molar-refractivity contribution is 0.978. The van der Waals surface area contributed by atoms with Crippen LogP contribution in [0.5, 0.6) is 0 Å². The molecule has 0 radical (unpaired) electrons. The molecule has 0 unspecified atom stereocenters. The molecule has 3 aromatic rings. The third-order valence-corrected chi connectivity index (χ3v) is 4.49. The number of aromatic nitrogens is 2. The molecule has 1 heterocycles. The maximum Gasteiger partial charge on any atom is 0.129 e. The molecule has 21 heavy (non-hydrogen) atoms. The fraction of sp³-hybridized carbons (Fsp3) is 0.188. The van der Waals surface area contributed by atoms with Crippen LogP contribution in [0.4, 0.5) is 0 Å². The average molecular weight is 340 g/mol. The molecule has 2 aromatic carbocycles. The van der Waals surface area contributed by atoms with Crippen molar-refractivity contribution in [3.63, 3.8) is 0 Å². The predicted octanol–water partition coefficient (Wildman–Crippen LogP) is 5.69. The van der Waals surface area contributed by atoms with Gasteiger partial charge in [0, 0.05) is 5.02 Å². The van der Waals surface area contributed by atoms with Gasteiger partial charge in [-0.1, -0.05) is 35.3 Å². The molecule has 108 valence electrons. The summed E-state index contributed by atoms with van der Waals surface area (Å²) in [5.41, 5.74) is 4.77. The molecule has 0 saturated carbocycles. The van der Waals surface area contributed by atoms with E-state index in [4.69, 9.17) is 34.8 Å². The molecule has 0 N–H and O–H groups in total. The molecule has 0 aliphatic heterocycles. The largest absolute Gasteiger partial charge is 0.293 e.